The van der Waals surface area contributed by atoms with E-state index in [1.807, 2.05) is 52.0 Å². The van der Waals surface area contributed by atoms with Gasteiger partial charge in [-0.3, -0.25) is 9.59 Å². The summed E-state index contributed by atoms with van der Waals surface area (Å²) in [5.41, 5.74) is 4.08. The van der Waals surface area contributed by atoms with Gasteiger partial charge >= 0.3 is 0 Å². The number of halogens is 2. The molecule has 0 saturated heterocycles. The van der Waals surface area contributed by atoms with Gasteiger partial charge in [0, 0.05) is 50.6 Å². The Hall–Kier alpha value is -2.73. The first kappa shape index (κ1) is 22.5. The molecule has 1 atom stereocenters. The topological polar surface area (TPSA) is 58.2 Å². The second-order valence-electron chi connectivity index (χ2n) is 9.42. The van der Waals surface area contributed by atoms with Crippen LogP contribution in [-0.2, 0) is 9.59 Å². The van der Waals surface area contributed by atoms with E-state index >= 15 is 4.39 Å². The molecule has 166 valence electrons. The van der Waals surface area contributed by atoms with E-state index in [0.717, 1.165) is 11.3 Å². The predicted octanol–water partition coefficient (Wildman–Crippen LogP) is 6.14. The van der Waals surface area contributed by atoms with Crippen LogP contribution in [0.25, 0.3) is 0 Å². The summed E-state index contributed by atoms with van der Waals surface area (Å²) in [5, 5.41) is 6.23. The Morgan fingerprint density at radius 3 is 2.50 bits per heavy atom. The predicted molar refractivity (Wildman–Crippen MR) is 128 cm³/mol. The molecule has 0 saturated carbocycles. The average molecular weight is 497 g/mol. The van der Waals surface area contributed by atoms with Crippen LogP contribution in [0.1, 0.15) is 50.7 Å². The van der Waals surface area contributed by atoms with Gasteiger partial charge in [-0.1, -0.05) is 47.5 Å². The van der Waals surface area contributed by atoms with E-state index in [4.69, 9.17) is 0 Å². The minimum atomic E-state index is -0.780. The molecule has 2 aliphatic rings. The summed E-state index contributed by atoms with van der Waals surface area (Å²) in [7, 11) is 0. The number of anilines is 1. The van der Waals surface area contributed by atoms with Crippen LogP contribution >= 0.6 is 15.9 Å². The molecule has 0 unspecified atom stereocenters. The zero-order valence-corrected chi connectivity index (χ0v) is 20.2. The van der Waals surface area contributed by atoms with E-state index < -0.39 is 11.7 Å². The summed E-state index contributed by atoms with van der Waals surface area (Å²) < 4.78 is 15.8. The number of hydrogen-bond donors (Lipinski definition) is 2. The largest absolute Gasteiger partial charge is 0.362 e. The molecule has 0 fully saturated rings. The molecule has 0 aromatic heterocycles. The van der Waals surface area contributed by atoms with Crippen molar-refractivity contribution >= 4 is 33.3 Å². The highest BCUT2D eigenvalue weighted by molar-refractivity contribution is 9.10. The maximum atomic E-state index is 15.1. The number of carbonyl (C=O) groups is 2. The van der Waals surface area contributed by atoms with Crippen molar-refractivity contribution in [2.75, 3.05) is 5.32 Å². The molecular formula is C26H26BrFN2O2. The highest BCUT2D eigenvalue weighted by atomic mass is 79.9. The van der Waals surface area contributed by atoms with Crippen molar-refractivity contribution in [2.24, 2.45) is 5.41 Å². The van der Waals surface area contributed by atoms with Gasteiger partial charge in [0.1, 0.15) is 5.82 Å². The van der Waals surface area contributed by atoms with Gasteiger partial charge in [0.15, 0.2) is 5.78 Å². The minimum absolute atomic E-state index is 0.0544. The number of ketones is 1. The molecule has 6 heteroatoms. The van der Waals surface area contributed by atoms with Crippen molar-refractivity contribution in [1.82, 2.24) is 5.32 Å². The molecular weight excluding hydrogens is 471 g/mol. The van der Waals surface area contributed by atoms with E-state index in [9.17, 15) is 9.59 Å². The number of benzene rings is 2. The van der Waals surface area contributed by atoms with Crippen molar-refractivity contribution in [3.05, 3.63) is 86.4 Å². The van der Waals surface area contributed by atoms with Gasteiger partial charge < -0.3 is 10.6 Å². The van der Waals surface area contributed by atoms with Gasteiger partial charge in [-0.2, -0.15) is 0 Å². The lowest BCUT2D eigenvalue weighted by atomic mass is 9.68. The third kappa shape index (κ3) is 4.29. The zero-order chi connectivity index (χ0) is 23.2. The Labute approximate surface area is 196 Å². The molecule has 1 aliphatic carbocycles. The van der Waals surface area contributed by atoms with Crippen molar-refractivity contribution in [2.45, 2.75) is 46.5 Å². The molecule has 0 spiro atoms. The number of amides is 1. The summed E-state index contributed by atoms with van der Waals surface area (Å²) in [6.07, 6.45) is 1.01. The zero-order valence-electron chi connectivity index (χ0n) is 18.6. The highest BCUT2D eigenvalue weighted by Crippen LogP contribution is 2.47. The number of rotatable bonds is 3. The second-order valence-corrected chi connectivity index (χ2v) is 10.3. The monoisotopic (exact) mass is 496 g/mol. The van der Waals surface area contributed by atoms with Crippen LogP contribution in [0, 0.1) is 18.2 Å². The third-order valence-corrected chi connectivity index (χ3v) is 6.56. The number of Topliss-reactive ketones (excluding diaryl/α,β-unsaturated/α-hetero) is 1. The standard InChI is InChI=1S/C26H26BrFN2O2/c1-14-5-8-17(9-6-14)30-25(32)22-15(2)29-20-12-26(3,4)13-21(31)24(20)23(22)18-11-16(27)7-10-19(18)28/h5-11,23,29H,12-13H2,1-4H3,(H,30,32)/t23-/m0/s1. The molecule has 1 amide bonds. The molecule has 1 aliphatic heterocycles. The number of aryl methyl sites for hydroxylation is 1. The highest BCUT2D eigenvalue weighted by Gasteiger charge is 2.43. The lowest BCUT2D eigenvalue weighted by Crippen LogP contribution is -2.39. The van der Waals surface area contributed by atoms with E-state index in [-0.39, 0.29) is 17.1 Å². The lowest BCUT2D eigenvalue weighted by molar-refractivity contribution is -0.118. The fourth-order valence-corrected chi connectivity index (χ4v) is 5.00. The third-order valence-electron chi connectivity index (χ3n) is 6.06. The molecule has 4 nitrogen and oxygen atoms in total. The normalized spacial score (nSPS) is 20.1. The van der Waals surface area contributed by atoms with Crippen molar-refractivity contribution in [1.29, 1.82) is 0 Å². The first-order chi connectivity index (χ1) is 15.1. The number of dihydropyridines is 1. The Balaban J connectivity index is 1.84. The van der Waals surface area contributed by atoms with Crippen LogP contribution in [-0.4, -0.2) is 11.7 Å². The first-order valence-electron chi connectivity index (χ1n) is 10.6. The minimum Gasteiger partial charge on any atom is -0.362 e. The van der Waals surface area contributed by atoms with Crippen molar-refractivity contribution < 1.29 is 14.0 Å². The Morgan fingerprint density at radius 2 is 1.81 bits per heavy atom. The number of carbonyl (C=O) groups excluding carboxylic acids is 2. The number of hydrogen-bond acceptors (Lipinski definition) is 3. The summed E-state index contributed by atoms with van der Waals surface area (Å²) in [5.74, 6) is -1.63. The van der Waals surface area contributed by atoms with Gasteiger partial charge in [-0.25, -0.2) is 4.39 Å². The van der Waals surface area contributed by atoms with Gasteiger partial charge in [0.05, 0.1) is 0 Å². The average Bonchev–Trinajstić information content (AvgIpc) is 2.69. The van der Waals surface area contributed by atoms with E-state index in [1.54, 1.807) is 12.1 Å². The number of allylic oxidation sites excluding steroid dienone is 3. The van der Waals surface area contributed by atoms with Gasteiger partial charge in [-0.15, -0.1) is 0 Å². The van der Waals surface area contributed by atoms with Crippen LogP contribution in [0.3, 0.4) is 0 Å². The van der Waals surface area contributed by atoms with Crippen LogP contribution < -0.4 is 10.6 Å². The van der Waals surface area contributed by atoms with Crippen LogP contribution in [0.2, 0.25) is 0 Å². The summed E-state index contributed by atoms with van der Waals surface area (Å²) in [6, 6.07) is 12.1. The quantitative estimate of drug-likeness (QED) is 0.536. The van der Waals surface area contributed by atoms with Crippen molar-refractivity contribution in [3.8, 4) is 0 Å². The summed E-state index contributed by atoms with van der Waals surface area (Å²) in [4.78, 5) is 26.8. The smallest absolute Gasteiger partial charge is 0.254 e. The molecule has 2 aromatic rings. The fraction of sp³-hybridized carbons (Fsp3) is 0.308. The Kier molecular flexibility index (Phi) is 5.84. The SMILES string of the molecule is CC1=C(C(=O)Nc2ccc(C)cc2)[C@H](c2cc(Br)ccc2F)C2=C(CC(C)(C)CC2=O)N1. The maximum absolute atomic E-state index is 15.1. The molecule has 0 radical (unpaired) electrons. The van der Waals surface area contributed by atoms with Crippen LogP contribution in [0.5, 0.6) is 0 Å². The molecule has 2 aromatic carbocycles. The molecule has 32 heavy (non-hydrogen) atoms. The molecule has 4 rings (SSSR count). The lowest BCUT2D eigenvalue weighted by Gasteiger charge is -2.39. The Bertz CT molecular complexity index is 1180. The Morgan fingerprint density at radius 1 is 1.12 bits per heavy atom. The van der Waals surface area contributed by atoms with Crippen LogP contribution in [0.4, 0.5) is 10.1 Å². The molecule has 1 heterocycles. The molecule has 2 N–H and O–H groups in total. The second kappa shape index (κ2) is 8.32. The molecule has 0 bridgehead atoms. The van der Waals surface area contributed by atoms with E-state index in [1.165, 1.54) is 6.07 Å². The van der Waals surface area contributed by atoms with E-state index in [2.05, 4.69) is 26.6 Å². The summed E-state index contributed by atoms with van der Waals surface area (Å²) in [6.45, 7) is 7.87. The van der Waals surface area contributed by atoms with E-state index in [0.29, 0.717) is 45.4 Å². The van der Waals surface area contributed by atoms with Gasteiger partial charge in [0.2, 0.25) is 0 Å². The van der Waals surface area contributed by atoms with Gasteiger partial charge in [0.25, 0.3) is 5.91 Å². The summed E-state index contributed by atoms with van der Waals surface area (Å²) >= 11 is 3.42. The van der Waals surface area contributed by atoms with Crippen LogP contribution in [0.15, 0.2) is 69.5 Å². The van der Waals surface area contributed by atoms with Crippen molar-refractivity contribution in [3.63, 3.8) is 0 Å². The maximum Gasteiger partial charge on any atom is 0.254 e. The fourth-order valence-electron chi connectivity index (χ4n) is 4.62. The first-order valence-corrected chi connectivity index (χ1v) is 11.4. The van der Waals surface area contributed by atoms with Gasteiger partial charge in [-0.05, 0) is 56.0 Å². The number of nitrogens with one attached hydrogen (secondary N) is 2.